The lowest BCUT2D eigenvalue weighted by Crippen LogP contribution is -2.04. The molecule has 0 spiro atoms. The molecule has 0 bridgehead atoms. The zero-order valence-corrected chi connectivity index (χ0v) is 9.45. The van der Waals surface area contributed by atoms with Crippen molar-refractivity contribution in [2.24, 2.45) is 0 Å². The van der Waals surface area contributed by atoms with Crippen molar-refractivity contribution in [2.45, 2.75) is 13.5 Å². The summed E-state index contributed by atoms with van der Waals surface area (Å²) in [5.74, 6) is -0.406. The van der Waals surface area contributed by atoms with E-state index in [1.54, 1.807) is 23.8 Å². The van der Waals surface area contributed by atoms with Crippen LogP contribution in [0.15, 0.2) is 23.6 Å². The maximum Gasteiger partial charge on any atom is 0.358 e. The highest BCUT2D eigenvalue weighted by molar-refractivity contribution is 9.10. The van der Waals surface area contributed by atoms with Crippen molar-refractivity contribution >= 4 is 21.9 Å². The number of hydrogen-bond donors (Lipinski definition) is 0. The van der Waals surface area contributed by atoms with Crippen LogP contribution in [-0.2, 0) is 11.3 Å². The maximum absolute atomic E-state index is 11.3. The standard InChI is InChI=1S/C9H11BrN2O2/c1-3-5-12-6-7(11-9(12)10)8(13)14-4-2/h3,6H,1,4-5H2,2H3. The third-order valence-corrected chi connectivity index (χ3v) is 2.17. The summed E-state index contributed by atoms with van der Waals surface area (Å²) < 4.78 is 7.17. The van der Waals surface area contributed by atoms with Gasteiger partial charge in [0.15, 0.2) is 10.4 Å². The van der Waals surface area contributed by atoms with Gasteiger partial charge in [-0.05, 0) is 22.9 Å². The summed E-state index contributed by atoms with van der Waals surface area (Å²) in [6.45, 7) is 6.32. The summed E-state index contributed by atoms with van der Waals surface area (Å²) in [6, 6.07) is 0. The lowest BCUT2D eigenvalue weighted by molar-refractivity contribution is 0.0520. The van der Waals surface area contributed by atoms with E-state index in [9.17, 15) is 4.79 Å². The molecule has 0 atom stereocenters. The van der Waals surface area contributed by atoms with Crippen LogP contribution in [0.2, 0.25) is 0 Å². The van der Waals surface area contributed by atoms with Crippen LogP contribution in [0.5, 0.6) is 0 Å². The maximum atomic E-state index is 11.3. The van der Waals surface area contributed by atoms with Crippen molar-refractivity contribution in [3.05, 3.63) is 29.3 Å². The SMILES string of the molecule is C=CCn1cc(C(=O)OCC)nc1Br. The van der Waals surface area contributed by atoms with Crippen LogP contribution in [0.3, 0.4) is 0 Å². The summed E-state index contributed by atoms with van der Waals surface area (Å²) >= 11 is 3.23. The summed E-state index contributed by atoms with van der Waals surface area (Å²) in [7, 11) is 0. The second kappa shape index (κ2) is 4.95. The van der Waals surface area contributed by atoms with E-state index in [0.29, 0.717) is 23.6 Å². The van der Waals surface area contributed by atoms with E-state index in [0.717, 1.165) is 0 Å². The molecule has 0 N–H and O–H groups in total. The van der Waals surface area contributed by atoms with Crippen LogP contribution >= 0.6 is 15.9 Å². The van der Waals surface area contributed by atoms with E-state index in [2.05, 4.69) is 27.5 Å². The highest BCUT2D eigenvalue weighted by atomic mass is 79.9. The van der Waals surface area contributed by atoms with Gasteiger partial charge in [-0.25, -0.2) is 9.78 Å². The molecule has 0 aliphatic rings. The molecule has 76 valence electrons. The van der Waals surface area contributed by atoms with Crippen molar-refractivity contribution in [3.8, 4) is 0 Å². The predicted octanol–water partition coefficient (Wildman–Crippen LogP) is 2.01. The molecule has 5 heteroatoms. The minimum absolute atomic E-state index is 0.306. The lowest BCUT2D eigenvalue weighted by atomic mass is 10.5. The fourth-order valence-corrected chi connectivity index (χ4v) is 1.40. The Balaban J connectivity index is 2.84. The Morgan fingerprint density at radius 2 is 2.57 bits per heavy atom. The van der Waals surface area contributed by atoms with Gasteiger partial charge in [0.2, 0.25) is 0 Å². The third-order valence-electron chi connectivity index (χ3n) is 1.54. The van der Waals surface area contributed by atoms with E-state index >= 15 is 0 Å². The molecule has 0 aromatic carbocycles. The number of esters is 1. The molecule has 1 rings (SSSR count). The molecule has 4 nitrogen and oxygen atoms in total. The molecule has 0 radical (unpaired) electrons. The van der Waals surface area contributed by atoms with Crippen molar-refractivity contribution in [1.82, 2.24) is 9.55 Å². The molecule has 0 unspecified atom stereocenters. The van der Waals surface area contributed by atoms with E-state index in [1.165, 1.54) is 0 Å². The Kier molecular flexibility index (Phi) is 3.88. The average Bonchev–Trinajstić information content (AvgIpc) is 2.49. The van der Waals surface area contributed by atoms with Crippen molar-refractivity contribution in [3.63, 3.8) is 0 Å². The molecule has 0 fully saturated rings. The first-order valence-corrected chi connectivity index (χ1v) is 4.99. The Bertz CT molecular complexity index is 347. The highest BCUT2D eigenvalue weighted by Crippen LogP contribution is 2.11. The molecule has 1 aromatic rings. The smallest absolute Gasteiger partial charge is 0.358 e. The zero-order chi connectivity index (χ0) is 10.6. The number of ether oxygens (including phenoxy) is 1. The normalized spacial score (nSPS) is 9.86. The monoisotopic (exact) mass is 258 g/mol. The fraction of sp³-hybridized carbons (Fsp3) is 0.333. The molecule has 0 saturated heterocycles. The summed E-state index contributed by atoms with van der Waals surface area (Å²) in [4.78, 5) is 15.3. The van der Waals surface area contributed by atoms with Crippen LogP contribution in [0.25, 0.3) is 0 Å². The van der Waals surface area contributed by atoms with E-state index < -0.39 is 5.97 Å². The summed E-state index contributed by atoms with van der Waals surface area (Å²) in [5.41, 5.74) is 0.306. The molecular formula is C9H11BrN2O2. The zero-order valence-electron chi connectivity index (χ0n) is 7.86. The van der Waals surface area contributed by atoms with E-state index in [-0.39, 0.29) is 0 Å². The van der Waals surface area contributed by atoms with Crippen molar-refractivity contribution in [1.29, 1.82) is 0 Å². The molecule has 0 amide bonds. The first-order chi connectivity index (χ1) is 6.69. The number of halogens is 1. The number of hydrogen-bond acceptors (Lipinski definition) is 3. The van der Waals surface area contributed by atoms with Gasteiger partial charge in [0.05, 0.1) is 6.61 Å². The first kappa shape index (κ1) is 11.0. The van der Waals surface area contributed by atoms with Crippen LogP contribution in [0.1, 0.15) is 17.4 Å². The molecule has 0 aliphatic carbocycles. The van der Waals surface area contributed by atoms with Gasteiger partial charge >= 0.3 is 5.97 Å². The Labute approximate surface area is 90.7 Å². The topological polar surface area (TPSA) is 44.1 Å². The number of nitrogens with zero attached hydrogens (tertiary/aromatic N) is 2. The number of aromatic nitrogens is 2. The second-order valence-corrected chi connectivity index (χ2v) is 3.27. The summed E-state index contributed by atoms with van der Waals surface area (Å²) in [5, 5.41) is 0. The van der Waals surface area contributed by atoms with Gasteiger partial charge in [0.1, 0.15) is 0 Å². The number of allylic oxidation sites excluding steroid dienone is 1. The van der Waals surface area contributed by atoms with Gasteiger partial charge in [0, 0.05) is 12.7 Å². The second-order valence-electron chi connectivity index (χ2n) is 2.56. The number of carbonyl (C=O) groups is 1. The third kappa shape index (κ3) is 2.45. The molecule has 1 aromatic heterocycles. The average molecular weight is 259 g/mol. The van der Waals surface area contributed by atoms with Crippen LogP contribution in [-0.4, -0.2) is 22.1 Å². The lowest BCUT2D eigenvalue weighted by Gasteiger charge is -1.96. The van der Waals surface area contributed by atoms with Gasteiger partial charge in [-0.15, -0.1) is 6.58 Å². The minimum Gasteiger partial charge on any atom is -0.461 e. The van der Waals surface area contributed by atoms with Crippen molar-refractivity contribution < 1.29 is 9.53 Å². The van der Waals surface area contributed by atoms with Gasteiger partial charge in [-0.1, -0.05) is 6.08 Å². The first-order valence-electron chi connectivity index (χ1n) is 4.19. The van der Waals surface area contributed by atoms with Crippen LogP contribution in [0.4, 0.5) is 0 Å². The molecule has 14 heavy (non-hydrogen) atoms. The van der Waals surface area contributed by atoms with Crippen LogP contribution < -0.4 is 0 Å². The Hall–Kier alpha value is -1.10. The van der Waals surface area contributed by atoms with E-state index in [1.807, 2.05) is 0 Å². The largest absolute Gasteiger partial charge is 0.461 e. The van der Waals surface area contributed by atoms with Crippen molar-refractivity contribution in [2.75, 3.05) is 6.61 Å². The van der Waals surface area contributed by atoms with Gasteiger partial charge in [-0.3, -0.25) is 0 Å². The van der Waals surface area contributed by atoms with Gasteiger partial charge in [-0.2, -0.15) is 0 Å². The molecule has 0 aliphatic heterocycles. The van der Waals surface area contributed by atoms with E-state index in [4.69, 9.17) is 4.74 Å². The number of carbonyl (C=O) groups excluding carboxylic acids is 1. The van der Waals surface area contributed by atoms with Gasteiger partial charge in [0.25, 0.3) is 0 Å². The molecule has 0 saturated carbocycles. The van der Waals surface area contributed by atoms with Crippen LogP contribution in [0, 0.1) is 0 Å². The highest BCUT2D eigenvalue weighted by Gasteiger charge is 2.12. The molecular weight excluding hydrogens is 248 g/mol. The predicted molar refractivity (Wildman–Crippen MR) is 56.1 cm³/mol. The fourth-order valence-electron chi connectivity index (χ4n) is 0.964. The quantitative estimate of drug-likeness (QED) is 0.613. The summed E-state index contributed by atoms with van der Waals surface area (Å²) in [6.07, 6.45) is 3.35. The Morgan fingerprint density at radius 1 is 1.86 bits per heavy atom. The Morgan fingerprint density at radius 3 is 3.14 bits per heavy atom. The minimum atomic E-state index is -0.406. The van der Waals surface area contributed by atoms with Gasteiger partial charge < -0.3 is 9.30 Å². The number of rotatable bonds is 4. The number of imidazole rings is 1. The molecule has 1 heterocycles.